The predicted octanol–water partition coefficient (Wildman–Crippen LogP) is 4.88. The number of carbonyl (C=O) groups excluding carboxylic acids is 1. The summed E-state index contributed by atoms with van der Waals surface area (Å²) in [5, 5.41) is 0.837. The van der Waals surface area contributed by atoms with Gasteiger partial charge in [0.05, 0.1) is 26.8 Å². The summed E-state index contributed by atoms with van der Waals surface area (Å²) in [5.74, 6) is -0.249. The van der Waals surface area contributed by atoms with Crippen LogP contribution in [0, 0.1) is 0 Å². The zero-order valence-corrected chi connectivity index (χ0v) is 19.9. The first kappa shape index (κ1) is 21.6. The second kappa shape index (κ2) is 8.28. The summed E-state index contributed by atoms with van der Waals surface area (Å²) in [7, 11) is -2.05. The van der Waals surface area contributed by atoms with Crippen LogP contribution in [0.5, 0.6) is 0 Å². The molecule has 3 aromatic carbocycles. The van der Waals surface area contributed by atoms with Crippen molar-refractivity contribution in [3.05, 3.63) is 88.9 Å². The van der Waals surface area contributed by atoms with Gasteiger partial charge in [-0.3, -0.25) is 9.10 Å². The molecule has 1 amide bonds. The average Bonchev–Trinajstić information content (AvgIpc) is 3.47. The Hall–Kier alpha value is -3.23. The van der Waals surface area contributed by atoms with Crippen molar-refractivity contribution in [2.24, 2.45) is 0 Å². The van der Waals surface area contributed by atoms with Gasteiger partial charge in [0.25, 0.3) is 15.9 Å². The maximum absolute atomic E-state index is 13.4. The standard InChI is InChI=1S/C25H23N3O3S2/c1-17(24-26-21-11-4-6-13-23(21)32-24)27(2)25(29)19-9-7-10-20(16-19)33(30,31)28-15-14-18-8-3-5-12-22(18)28/h3-13,16-17H,14-15H2,1-2H3/t17-/m0/s1. The van der Waals surface area contributed by atoms with Crippen molar-refractivity contribution < 1.29 is 13.2 Å². The van der Waals surface area contributed by atoms with Crippen LogP contribution in [-0.4, -0.2) is 37.8 Å². The summed E-state index contributed by atoms with van der Waals surface area (Å²) < 4.78 is 29.3. The Morgan fingerprint density at radius 3 is 2.64 bits per heavy atom. The summed E-state index contributed by atoms with van der Waals surface area (Å²) in [6.45, 7) is 2.33. The molecule has 2 heterocycles. The highest BCUT2D eigenvalue weighted by molar-refractivity contribution is 7.92. The molecule has 0 fully saturated rings. The Morgan fingerprint density at radius 1 is 1.06 bits per heavy atom. The number of carbonyl (C=O) groups is 1. The first-order valence-corrected chi connectivity index (χ1v) is 13.0. The lowest BCUT2D eigenvalue weighted by Gasteiger charge is -2.24. The quantitative estimate of drug-likeness (QED) is 0.411. The van der Waals surface area contributed by atoms with Crippen molar-refractivity contribution >= 4 is 43.2 Å². The Kier molecular flexibility index (Phi) is 5.42. The third-order valence-electron chi connectivity index (χ3n) is 6.08. The van der Waals surface area contributed by atoms with E-state index in [1.54, 1.807) is 41.5 Å². The van der Waals surface area contributed by atoms with E-state index >= 15 is 0 Å². The molecule has 1 aliphatic heterocycles. The number of fused-ring (bicyclic) bond motifs is 2. The Labute approximate surface area is 197 Å². The van der Waals surface area contributed by atoms with E-state index in [0.717, 1.165) is 20.8 Å². The highest BCUT2D eigenvalue weighted by Gasteiger charge is 2.31. The molecule has 0 unspecified atom stereocenters. The summed E-state index contributed by atoms with van der Waals surface area (Å²) in [6.07, 6.45) is 0.677. The Morgan fingerprint density at radius 2 is 1.82 bits per heavy atom. The molecular formula is C25H23N3O3S2. The van der Waals surface area contributed by atoms with E-state index in [2.05, 4.69) is 4.98 Å². The van der Waals surface area contributed by atoms with Crippen LogP contribution in [0.4, 0.5) is 5.69 Å². The molecule has 33 heavy (non-hydrogen) atoms. The van der Waals surface area contributed by atoms with Gasteiger partial charge in [0.2, 0.25) is 0 Å². The van der Waals surface area contributed by atoms with Crippen molar-refractivity contribution in [2.75, 3.05) is 17.9 Å². The minimum atomic E-state index is -3.77. The molecule has 0 spiro atoms. The number of amides is 1. The summed E-state index contributed by atoms with van der Waals surface area (Å²) in [6, 6.07) is 21.4. The molecule has 0 aliphatic carbocycles. The molecule has 0 N–H and O–H groups in total. The summed E-state index contributed by atoms with van der Waals surface area (Å²) in [4.78, 5) is 19.7. The van der Waals surface area contributed by atoms with E-state index in [0.29, 0.717) is 24.2 Å². The van der Waals surface area contributed by atoms with E-state index in [-0.39, 0.29) is 16.8 Å². The molecule has 5 rings (SSSR count). The SMILES string of the molecule is C[C@@H](c1nc2ccccc2s1)N(C)C(=O)c1cccc(S(=O)(=O)N2CCc3ccccc32)c1. The lowest BCUT2D eigenvalue weighted by molar-refractivity contribution is 0.0742. The fourth-order valence-corrected chi connectivity index (χ4v) is 6.70. The van der Waals surface area contributed by atoms with E-state index in [1.165, 1.54) is 10.4 Å². The summed E-state index contributed by atoms with van der Waals surface area (Å²) >= 11 is 1.56. The first-order chi connectivity index (χ1) is 15.9. The van der Waals surface area contributed by atoms with Gasteiger partial charge in [0.1, 0.15) is 5.01 Å². The largest absolute Gasteiger partial charge is 0.333 e. The van der Waals surface area contributed by atoms with Crippen LogP contribution >= 0.6 is 11.3 Å². The van der Waals surface area contributed by atoms with E-state index in [1.807, 2.05) is 55.5 Å². The maximum atomic E-state index is 13.4. The van der Waals surface area contributed by atoms with Crippen molar-refractivity contribution in [1.29, 1.82) is 0 Å². The van der Waals surface area contributed by atoms with Gasteiger partial charge in [0.15, 0.2) is 0 Å². The molecule has 6 nitrogen and oxygen atoms in total. The van der Waals surface area contributed by atoms with Gasteiger partial charge in [-0.1, -0.05) is 36.4 Å². The second-order valence-electron chi connectivity index (χ2n) is 8.10. The molecule has 1 atom stereocenters. The number of rotatable bonds is 5. The third kappa shape index (κ3) is 3.79. The van der Waals surface area contributed by atoms with Crippen LogP contribution in [0.15, 0.2) is 77.7 Å². The Bertz CT molecular complexity index is 1430. The molecule has 1 aliphatic rings. The number of para-hydroxylation sites is 2. The topological polar surface area (TPSA) is 70.6 Å². The van der Waals surface area contributed by atoms with Gasteiger partial charge in [0, 0.05) is 19.2 Å². The van der Waals surface area contributed by atoms with E-state index in [4.69, 9.17) is 0 Å². The molecule has 0 radical (unpaired) electrons. The van der Waals surface area contributed by atoms with Crippen LogP contribution in [0.25, 0.3) is 10.2 Å². The lowest BCUT2D eigenvalue weighted by Crippen LogP contribution is -2.31. The fraction of sp³-hybridized carbons (Fsp3) is 0.200. The fourth-order valence-electron chi connectivity index (χ4n) is 4.09. The van der Waals surface area contributed by atoms with E-state index < -0.39 is 10.0 Å². The minimum absolute atomic E-state index is 0.117. The van der Waals surface area contributed by atoms with Gasteiger partial charge >= 0.3 is 0 Å². The van der Waals surface area contributed by atoms with Crippen LogP contribution in [0.3, 0.4) is 0 Å². The zero-order valence-electron chi connectivity index (χ0n) is 18.3. The molecule has 0 bridgehead atoms. The highest BCUT2D eigenvalue weighted by atomic mass is 32.2. The number of aromatic nitrogens is 1. The van der Waals surface area contributed by atoms with Crippen molar-refractivity contribution in [3.8, 4) is 0 Å². The van der Waals surface area contributed by atoms with Gasteiger partial charge in [-0.25, -0.2) is 13.4 Å². The van der Waals surface area contributed by atoms with Gasteiger partial charge in [-0.2, -0.15) is 0 Å². The smallest absolute Gasteiger partial charge is 0.264 e. The zero-order chi connectivity index (χ0) is 23.2. The van der Waals surface area contributed by atoms with Crippen LogP contribution in [0.1, 0.15) is 33.9 Å². The predicted molar refractivity (Wildman–Crippen MR) is 131 cm³/mol. The number of anilines is 1. The molecule has 0 saturated carbocycles. The second-order valence-corrected chi connectivity index (χ2v) is 11.0. The number of benzene rings is 3. The molecule has 0 saturated heterocycles. The molecule has 4 aromatic rings. The molecule has 168 valence electrons. The van der Waals surface area contributed by atoms with Crippen molar-refractivity contribution in [2.45, 2.75) is 24.3 Å². The molecule has 1 aromatic heterocycles. The molecular weight excluding hydrogens is 454 g/mol. The normalized spacial score (nSPS) is 14.3. The summed E-state index contributed by atoms with van der Waals surface area (Å²) in [5.41, 5.74) is 2.96. The minimum Gasteiger partial charge on any atom is -0.333 e. The monoisotopic (exact) mass is 477 g/mol. The number of hydrogen-bond donors (Lipinski definition) is 0. The number of sulfonamides is 1. The average molecular weight is 478 g/mol. The number of hydrogen-bond acceptors (Lipinski definition) is 5. The highest BCUT2D eigenvalue weighted by Crippen LogP contribution is 2.33. The van der Waals surface area contributed by atoms with Crippen molar-refractivity contribution in [3.63, 3.8) is 0 Å². The lowest BCUT2D eigenvalue weighted by atomic mass is 10.2. The van der Waals surface area contributed by atoms with Gasteiger partial charge in [-0.15, -0.1) is 11.3 Å². The maximum Gasteiger partial charge on any atom is 0.264 e. The van der Waals surface area contributed by atoms with Crippen LogP contribution < -0.4 is 4.31 Å². The van der Waals surface area contributed by atoms with Crippen molar-refractivity contribution in [1.82, 2.24) is 9.88 Å². The van der Waals surface area contributed by atoms with Crippen LogP contribution in [-0.2, 0) is 16.4 Å². The van der Waals surface area contributed by atoms with E-state index in [9.17, 15) is 13.2 Å². The van der Waals surface area contributed by atoms with Crippen LogP contribution in [0.2, 0.25) is 0 Å². The number of thiazole rings is 1. The Balaban J connectivity index is 1.42. The number of nitrogens with zero attached hydrogens (tertiary/aromatic N) is 3. The first-order valence-electron chi connectivity index (χ1n) is 10.7. The van der Waals surface area contributed by atoms with Gasteiger partial charge in [-0.05, 0) is 55.3 Å². The molecule has 8 heteroatoms. The third-order valence-corrected chi connectivity index (χ3v) is 9.10. The van der Waals surface area contributed by atoms with Gasteiger partial charge < -0.3 is 4.90 Å².